The van der Waals surface area contributed by atoms with E-state index in [1.807, 2.05) is 48.6 Å². The fourth-order valence-corrected chi connectivity index (χ4v) is 3.95. The van der Waals surface area contributed by atoms with E-state index >= 15 is 0 Å². The highest BCUT2D eigenvalue weighted by Gasteiger charge is 2.28. The molecule has 0 saturated carbocycles. The van der Waals surface area contributed by atoms with Crippen molar-refractivity contribution in [3.05, 3.63) is 52.8 Å². The van der Waals surface area contributed by atoms with Gasteiger partial charge in [0.05, 0.1) is 12.2 Å². The van der Waals surface area contributed by atoms with Crippen LogP contribution >= 0.6 is 0 Å². The molecule has 156 valence electrons. The standard InChI is InChI=1S/C23H32N4O2/c1-16(2)23(29)26-12-10-20(11-13-26)22(28)24-14-21-17(3)25-27(18(21)4)15-19-8-6-5-7-9-19/h5-9,16,20H,10-15H2,1-4H3,(H,24,28). The van der Waals surface area contributed by atoms with Gasteiger partial charge in [-0.2, -0.15) is 5.10 Å². The van der Waals surface area contributed by atoms with Crippen molar-refractivity contribution in [1.29, 1.82) is 0 Å². The summed E-state index contributed by atoms with van der Waals surface area (Å²) in [6.07, 6.45) is 1.46. The molecule has 0 aliphatic carbocycles. The lowest BCUT2D eigenvalue weighted by atomic mass is 9.95. The fraction of sp³-hybridized carbons (Fsp3) is 0.522. The van der Waals surface area contributed by atoms with Gasteiger partial charge in [-0.15, -0.1) is 0 Å². The monoisotopic (exact) mass is 396 g/mol. The van der Waals surface area contributed by atoms with Gasteiger partial charge < -0.3 is 10.2 Å². The third-order valence-electron chi connectivity index (χ3n) is 5.82. The van der Waals surface area contributed by atoms with Gasteiger partial charge in [-0.25, -0.2) is 0 Å². The molecule has 0 atom stereocenters. The van der Waals surface area contributed by atoms with Crippen LogP contribution in [0.15, 0.2) is 30.3 Å². The predicted molar refractivity (Wildman–Crippen MR) is 113 cm³/mol. The number of piperidine rings is 1. The normalized spacial score (nSPS) is 15.0. The van der Waals surface area contributed by atoms with Crippen molar-refractivity contribution >= 4 is 11.8 Å². The molecule has 6 nitrogen and oxygen atoms in total. The Labute approximate surface area is 173 Å². The zero-order valence-electron chi connectivity index (χ0n) is 17.9. The summed E-state index contributed by atoms with van der Waals surface area (Å²) < 4.78 is 2.00. The molecule has 2 heterocycles. The van der Waals surface area contributed by atoms with Gasteiger partial charge >= 0.3 is 0 Å². The van der Waals surface area contributed by atoms with Crippen LogP contribution in [0.2, 0.25) is 0 Å². The first-order valence-electron chi connectivity index (χ1n) is 10.5. The Bertz CT molecular complexity index is 849. The maximum absolute atomic E-state index is 12.7. The van der Waals surface area contributed by atoms with E-state index in [1.165, 1.54) is 5.56 Å². The average Bonchev–Trinajstić information content (AvgIpc) is 2.99. The zero-order chi connectivity index (χ0) is 21.0. The summed E-state index contributed by atoms with van der Waals surface area (Å²) in [5, 5.41) is 7.76. The molecule has 0 bridgehead atoms. The molecule has 0 unspecified atom stereocenters. The van der Waals surface area contributed by atoms with E-state index in [0.717, 1.165) is 36.3 Å². The average molecular weight is 397 g/mol. The van der Waals surface area contributed by atoms with Crippen molar-refractivity contribution in [2.45, 2.75) is 53.6 Å². The molecular formula is C23H32N4O2. The molecule has 29 heavy (non-hydrogen) atoms. The molecule has 1 saturated heterocycles. The first-order chi connectivity index (χ1) is 13.9. The van der Waals surface area contributed by atoms with Crippen molar-refractivity contribution < 1.29 is 9.59 Å². The van der Waals surface area contributed by atoms with Crippen LogP contribution in [0.25, 0.3) is 0 Å². The number of nitrogens with one attached hydrogen (secondary N) is 1. The Morgan fingerprint density at radius 1 is 1.14 bits per heavy atom. The molecule has 0 spiro atoms. The molecule has 1 aromatic carbocycles. The number of amides is 2. The van der Waals surface area contributed by atoms with Gasteiger partial charge in [0.15, 0.2) is 0 Å². The zero-order valence-corrected chi connectivity index (χ0v) is 17.9. The van der Waals surface area contributed by atoms with Gasteiger partial charge in [0.25, 0.3) is 0 Å². The van der Waals surface area contributed by atoms with Crippen LogP contribution in [0.5, 0.6) is 0 Å². The summed E-state index contributed by atoms with van der Waals surface area (Å²) in [6.45, 7) is 10.4. The van der Waals surface area contributed by atoms with E-state index in [2.05, 4.69) is 29.5 Å². The summed E-state index contributed by atoms with van der Waals surface area (Å²) in [6, 6.07) is 10.3. The molecule has 3 rings (SSSR count). The van der Waals surface area contributed by atoms with Crippen LogP contribution in [0, 0.1) is 25.7 Å². The molecule has 1 N–H and O–H groups in total. The van der Waals surface area contributed by atoms with Crippen LogP contribution in [0.3, 0.4) is 0 Å². The van der Waals surface area contributed by atoms with Gasteiger partial charge in [0.1, 0.15) is 0 Å². The van der Waals surface area contributed by atoms with E-state index in [9.17, 15) is 9.59 Å². The van der Waals surface area contributed by atoms with Crippen molar-refractivity contribution in [2.75, 3.05) is 13.1 Å². The Kier molecular flexibility index (Phi) is 6.72. The maximum atomic E-state index is 12.7. The van der Waals surface area contributed by atoms with Crippen molar-refractivity contribution in [2.24, 2.45) is 11.8 Å². The second kappa shape index (κ2) is 9.25. The number of aromatic nitrogens is 2. The number of hydrogen-bond acceptors (Lipinski definition) is 3. The highest BCUT2D eigenvalue weighted by molar-refractivity contribution is 5.80. The Hall–Kier alpha value is -2.63. The van der Waals surface area contributed by atoms with E-state index < -0.39 is 0 Å². The van der Waals surface area contributed by atoms with Crippen LogP contribution in [0.1, 0.15) is 49.2 Å². The Morgan fingerprint density at radius 3 is 2.41 bits per heavy atom. The topological polar surface area (TPSA) is 67.2 Å². The highest BCUT2D eigenvalue weighted by atomic mass is 16.2. The third-order valence-corrected chi connectivity index (χ3v) is 5.82. The number of nitrogens with zero attached hydrogens (tertiary/aromatic N) is 3. The number of hydrogen-bond donors (Lipinski definition) is 1. The van der Waals surface area contributed by atoms with Crippen LogP contribution < -0.4 is 5.32 Å². The second-order valence-corrected chi connectivity index (χ2v) is 8.26. The summed E-state index contributed by atoms with van der Waals surface area (Å²) in [7, 11) is 0. The van der Waals surface area contributed by atoms with Gasteiger partial charge in [0.2, 0.25) is 11.8 Å². The highest BCUT2D eigenvalue weighted by Crippen LogP contribution is 2.20. The minimum absolute atomic E-state index is 0.0127. The number of aryl methyl sites for hydroxylation is 1. The molecule has 1 aliphatic rings. The van der Waals surface area contributed by atoms with Crippen LogP contribution in [-0.2, 0) is 22.7 Å². The summed E-state index contributed by atoms with van der Waals surface area (Å²) in [4.78, 5) is 26.7. The molecule has 1 aliphatic heterocycles. The Morgan fingerprint density at radius 2 is 1.79 bits per heavy atom. The lowest BCUT2D eigenvalue weighted by molar-refractivity contribution is -0.138. The number of carbonyl (C=O) groups excluding carboxylic acids is 2. The number of rotatable bonds is 6. The smallest absolute Gasteiger partial charge is 0.225 e. The molecule has 1 aromatic heterocycles. The predicted octanol–water partition coefficient (Wildman–Crippen LogP) is 3.06. The molecule has 1 fully saturated rings. The summed E-state index contributed by atoms with van der Waals surface area (Å²) in [5.41, 5.74) is 4.33. The van der Waals surface area contributed by atoms with Crippen molar-refractivity contribution in [3.63, 3.8) is 0 Å². The van der Waals surface area contributed by atoms with E-state index in [0.29, 0.717) is 19.6 Å². The quantitative estimate of drug-likeness (QED) is 0.816. The molecule has 2 amide bonds. The first kappa shape index (κ1) is 21.1. The molecule has 2 aromatic rings. The lowest BCUT2D eigenvalue weighted by Gasteiger charge is -2.32. The second-order valence-electron chi connectivity index (χ2n) is 8.26. The fourth-order valence-electron chi connectivity index (χ4n) is 3.95. The van der Waals surface area contributed by atoms with Gasteiger partial charge in [-0.3, -0.25) is 14.3 Å². The van der Waals surface area contributed by atoms with Crippen LogP contribution in [0.4, 0.5) is 0 Å². The van der Waals surface area contributed by atoms with Crippen LogP contribution in [-0.4, -0.2) is 39.6 Å². The largest absolute Gasteiger partial charge is 0.352 e. The van der Waals surface area contributed by atoms with Crippen molar-refractivity contribution in [1.82, 2.24) is 20.0 Å². The van der Waals surface area contributed by atoms with E-state index in [-0.39, 0.29) is 23.7 Å². The number of likely N-dealkylation sites (tertiary alicyclic amines) is 1. The van der Waals surface area contributed by atoms with Gasteiger partial charge in [-0.1, -0.05) is 44.2 Å². The molecule has 6 heteroatoms. The van der Waals surface area contributed by atoms with Crippen molar-refractivity contribution in [3.8, 4) is 0 Å². The summed E-state index contributed by atoms with van der Waals surface area (Å²) >= 11 is 0. The molecule has 0 radical (unpaired) electrons. The van der Waals surface area contributed by atoms with E-state index in [4.69, 9.17) is 0 Å². The minimum atomic E-state index is -0.0220. The van der Waals surface area contributed by atoms with E-state index in [1.54, 1.807) is 0 Å². The maximum Gasteiger partial charge on any atom is 0.225 e. The molecular weight excluding hydrogens is 364 g/mol. The number of benzene rings is 1. The lowest BCUT2D eigenvalue weighted by Crippen LogP contribution is -2.44. The number of carbonyl (C=O) groups is 2. The van der Waals surface area contributed by atoms with Gasteiger partial charge in [0, 0.05) is 42.7 Å². The Balaban J connectivity index is 1.55. The SMILES string of the molecule is Cc1nn(Cc2ccccc2)c(C)c1CNC(=O)C1CCN(C(=O)C(C)C)CC1. The third kappa shape index (κ3) is 5.05. The first-order valence-corrected chi connectivity index (χ1v) is 10.5. The summed E-state index contributed by atoms with van der Waals surface area (Å²) in [5.74, 6) is 0.252. The van der Waals surface area contributed by atoms with Gasteiger partial charge in [-0.05, 0) is 32.3 Å². The minimum Gasteiger partial charge on any atom is -0.352 e.